The van der Waals surface area contributed by atoms with E-state index in [-0.39, 0.29) is 17.8 Å². The van der Waals surface area contributed by atoms with Crippen LogP contribution < -0.4 is 5.32 Å². The van der Waals surface area contributed by atoms with Crippen LogP contribution in [0.1, 0.15) is 28.9 Å². The SMILES string of the molecule is CSc1ccccc1C(=O)N[C@@H](C)c1ccc(F)cc1. The Kier molecular flexibility index (Phi) is 4.79. The Hall–Kier alpha value is -1.81. The van der Waals surface area contributed by atoms with Crippen molar-refractivity contribution in [2.75, 3.05) is 6.26 Å². The minimum absolute atomic E-state index is 0.119. The van der Waals surface area contributed by atoms with Gasteiger partial charge in [-0.1, -0.05) is 24.3 Å². The molecule has 0 aliphatic carbocycles. The van der Waals surface area contributed by atoms with Crippen LogP contribution in [0.5, 0.6) is 0 Å². The molecule has 0 saturated carbocycles. The second-order valence-corrected chi connectivity index (χ2v) is 5.30. The number of amides is 1. The number of hydrogen-bond acceptors (Lipinski definition) is 2. The third kappa shape index (κ3) is 3.39. The standard InChI is InChI=1S/C16H16FNOS/c1-11(12-7-9-13(17)10-8-12)18-16(19)14-5-3-4-6-15(14)20-2/h3-11H,1-2H3,(H,18,19)/t11-/m0/s1. The predicted octanol–water partition coefficient (Wildman–Crippen LogP) is 4.04. The molecule has 2 rings (SSSR count). The third-order valence-electron chi connectivity index (χ3n) is 3.07. The van der Waals surface area contributed by atoms with Crippen LogP contribution in [0.15, 0.2) is 53.4 Å². The minimum atomic E-state index is -0.278. The third-order valence-corrected chi connectivity index (χ3v) is 3.87. The van der Waals surface area contributed by atoms with Gasteiger partial charge in [0, 0.05) is 4.90 Å². The van der Waals surface area contributed by atoms with Gasteiger partial charge in [-0.15, -0.1) is 11.8 Å². The summed E-state index contributed by atoms with van der Waals surface area (Å²) in [6, 6.07) is 13.5. The average molecular weight is 289 g/mol. The summed E-state index contributed by atoms with van der Waals surface area (Å²) in [6.45, 7) is 1.88. The predicted molar refractivity (Wildman–Crippen MR) is 80.5 cm³/mol. The summed E-state index contributed by atoms with van der Waals surface area (Å²) in [5.41, 5.74) is 1.54. The van der Waals surface area contributed by atoms with E-state index in [1.54, 1.807) is 18.2 Å². The highest BCUT2D eigenvalue weighted by atomic mass is 32.2. The van der Waals surface area contributed by atoms with Crippen molar-refractivity contribution in [2.45, 2.75) is 17.9 Å². The van der Waals surface area contributed by atoms with Gasteiger partial charge in [0.15, 0.2) is 0 Å². The first-order valence-corrected chi connectivity index (χ1v) is 7.53. The van der Waals surface area contributed by atoms with Crippen LogP contribution in [0.2, 0.25) is 0 Å². The highest BCUT2D eigenvalue weighted by Crippen LogP contribution is 2.21. The topological polar surface area (TPSA) is 29.1 Å². The molecule has 2 nitrogen and oxygen atoms in total. The van der Waals surface area contributed by atoms with Gasteiger partial charge in [-0.2, -0.15) is 0 Å². The van der Waals surface area contributed by atoms with Crippen molar-refractivity contribution in [1.82, 2.24) is 5.32 Å². The zero-order chi connectivity index (χ0) is 14.5. The van der Waals surface area contributed by atoms with E-state index in [1.165, 1.54) is 23.9 Å². The normalized spacial score (nSPS) is 11.9. The van der Waals surface area contributed by atoms with E-state index in [1.807, 2.05) is 31.4 Å². The molecule has 0 unspecified atom stereocenters. The number of carbonyl (C=O) groups excluding carboxylic acids is 1. The van der Waals surface area contributed by atoms with Crippen molar-refractivity contribution in [2.24, 2.45) is 0 Å². The molecule has 2 aromatic rings. The molecule has 0 aliphatic heterocycles. The smallest absolute Gasteiger partial charge is 0.252 e. The fourth-order valence-electron chi connectivity index (χ4n) is 1.94. The van der Waals surface area contributed by atoms with E-state index in [9.17, 15) is 9.18 Å². The average Bonchev–Trinajstić information content (AvgIpc) is 2.47. The summed E-state index contributed by atoms with van der Waals surface area (Å²) in [5, 5.41) is 2.93. The van der Waals surface area contributed by atoms with E-state index in [0.29, 0.717) is 5.56 Å². The number of benzene rings is 2. The van der Waals surface area contributed by atoms with Crippen LogP contribution in [-0.4, -0.2) is 12.2 Å². The number of rotatable bonds is 4. The first-order valence-electron chi connectivity index (χ1n) is 6.31. The highest BCUT2D eigenvalue weighted by molar-refractivity contribution is 7.98. The lowest BCUT2D eigenvalue weighted by atomic mass is 10.1. The minimum Gasteiger partial charge on any atom is -0.345 e. The molecule has 1 amide bonds. The maximum absolute atomic E-state index is 12.9. The monoisotopic (exact) mass is 289 g/mol. The van der Waals surface area contributed by atoms with E-state index in [2.05, 4.69) is 5.32 Å². The van der Waals surface area contributed by atoms with E-state index >= 15 is 0 Å². The molecule has 0 bridgehead atoms. The van der Waals surface area contributed by atoms with Gasteiger partial charge in [0.25, 0.3) is 5.91 Å². The largest absolute Gasteiger partial charge is 0.345 e. The van der Waals surface area contributed by atoms with Crippen LogP contribution in [0.3, 0.4) is 0 Å². The Labute approximate surface area is 122 Å². The Morgan fingerprint density at radius 2 is 1.80 bits per heavy atom. The Balaban J connectivity index is 2.13. The van der Waals surface area contributed by atoms with Crippen LogP contribution in [0.25, 0.3) is 0 Å². The number of halogens is 1. The Bertz CT molecular complexity index is 598. The maximum atomic E-state index is 12.9. The molecule has 0 saturated heterocycles. The van der Waals surface area contributed by atoms with Crippen LogP contribution in [0, 0.1) is 5.82 Å². The van der Waals surface area contributed by atoms with E-state index in [0.717, 1.165) is 10.5 Å². The van der Waals surface area contributed by atoms with Crippen molar-refractivity contribution in [3.05, 3.63) is 65.5 Å². The molecule has 1 atom stereocenters. The second kappa shape index (κ2) is 6.57. The van der Waals surface area contributed by atoms with Crippen molar-refractivity contribution in [3.8, 4) is 0 Å². The maximum Gasteiger partial charge on any atom is 0.252 e. The van der Waals surface area contributed by atoms with Gasteiger partial charge >= 0.3 is 0 Å². The zero-order valence-electron chi connectivity index (χ0n) is 11.4. The molecular formula is C16H16FNOS. The molecule has 4 heteroatoms. The lowest BCUT2D eigenvalue weighted by Gasteiger charge is -2.15. The van der Waals surface area contributed by atoms with Gasteiger partial charge in [0.2, 0.25) is 0 Å². The summed E-state index contributed by atoms with van der Waals surface area (Å²) in [7, 11) is 0. The second-order valence-electron chi connectivity index (χ2n) is 4.45. The fraction of sp³-hybridized carbons (Fsp3) is 0.188. The molecule has 0 heterocycles. The number of carbonyl (C=O) groups is 1. The first-order chi connectivity index (χ1) is 9.61. The summed E-state index contributed by atoms with van der Waals surface area (Å²) < 4.78 is 12.9. The quantitative estimate of drug-likeness (QED) is 0.861. The molecule has 0 radical (unpaired) electrons. The molecule has 104 valence electrons. The molecule has 0 fully saturated rings. The van der Waals surface area contributed by atoms with E-state index < -0.39 is 0 Å². The molecule has 1 N–H and O–H groups in total. The van der Waals surface area contributed by atoms with Crippen molar-refractivity contribution in [3.63, 3.8) is 0 Å². The summed E-state index contributed by atoms with van der Waals surface area (Å²) in [6.07, 6.45) is 1.94. The van der Waals surface area contributed by atoms with Gasteiger partial charge in [-0.25, -0.2) is 4.39 Å². The Morgan fingerprint density at radius 1 is 1.15 bits per heavy atom. The van der Waals surface area contributed by atoms with Crippen molar-refractivity contribution in [1.29, 1.82) is 0 Å². The first kappa shape index (κ1) is 14.6. The van der Waals surface area contributed by atoms with Gasteiger partial charge < -0.3 is 5.32 Å². The highest BCUT2D eigenvalue weighted by Gasteiger charge is 2.14. The zero-order valence-corrected chi connectivity index (χ0v) is 12.2. The van der Waals surface area contributed by atoms with Crippen LogP contribution >= 0.6 is 11.8 Å². The van der Waals surface area contributed by atoms with Crippen LogP contribution in [-0.2, 0) is 0 Å². The number of hydrogen-bond donors (Lipinski definition) is 1. The lowest BCUT2D eigenvalue weighted by molar-refractivity contribution is 0.0937. The molecule has 0 spiro atoms. The summed E-state index contributed by atoms with van der Waals surface area (Å²) >= 11 is 1.54. The molecular weight excluding hydrogens is 273 g/mol. The molecule has 20 heavy (non-hydrogen) atoms. The van der Waals surface area contributed by atoms with Gasteiger partial charge in [-0.05, 0) is 43.0 Å². The molecule has 2 aromatic carbocycles. The van der Waals surface area contributed by atoms with Crippen molar-refractivity contribution < 1.29 is 9.18 Å². The Morgan fingerprint density at radius 3 is 2.45 bits per heavy atom. The summed E-state index contributed by atoms with van der Waals surface area (Å²) in [5.74, 6) is -0.396. The molecule has 0 aliphatic rings. The van der Waals surface area contributed by atoms with Gasteiger partial charge in [0.1, 0.15) is 5.82 Å². The number of nitrogens with one attached hydrogen (secondary N) is 1. The fourth-order valence-corrected chi connectivity index (χ4v) is 2.54. The van der Waals surface area contributed by atoms with Gasteiger partial charge in [0.05, 0.1) is 11.6 Å². The van der Waals surface area contributed by atoms with Crippen molar-refractivity contribution >= 4 is 17.7 Å². The number of thioether (sulfide) groups is 1. The summed E-state index contributed by atoms with van der Waals surface area (Å²) in [4.78, 5) is 13.2. The van der Waals surface area contributed by atoms with E-state index in [4.69, 9.17) is 0 Å². The van der Waals surface area contributed by atoms with Gasteiger partial charge in [-0.3, -0.25) is 4.79 Å². The van der Waals surface area contributed by atoms with Crippen LogP contribution in [0.4, 0.5) is 4.39 Å². The molecule has 0 aromatic heterocycles. The lowest BCUT2D eigenvalue weighted by Crippen LogP contribution is -2.27.